The normalized spacial score (nSPS) is 15.7. The Morgan fingerprint density at radius 2 is 1.94 bits per heavy atom. The van der Waals surface area contributed by atoms with Gasteiger partial charge >= 0.3 is 0 Å². The van der Waals surface area contributed by atoms with Gasteiger partial charge in [0.05, 0.1) is 16.7 Å². The fraction of sp³-hybridized carbons (Fsp3) is 0.318. The summed E-state index contributed by atoms with van der Waals surface area (Å²) in [4.78, 5) is 37.3. The van der Waals surface area contributed by atoms with Crippen LogP contribution in [0.1, 0.15) is 37.4 Å². The van der Waals surface area contributed by atoms with Crippen LogP contribution in [0.5, 0.6) is 0 Å². The van der Waals surface area contributed by atoms with Gasteiger partial charge < -0.3 is 4.90 Å². The van der Waals surface area contributed by atoms with Crippen molar-refractivity contribution in [2.45, 2.75) is 26.3 Å². The third kappa shape index (κ3) is 4.93. The van der Waals surface area contributed by atoms with Gasteiger partial charge in [0.1, 0.15) is 12.4 Å². The first-order valence-electron chi connectivity index (χ1n) is 9.82. The number of likely N-dealkylation sites (N-methyl/N-ethyl adjacent to an activating group) is 1. The van der Waals surface area contributed by atoms with Gasteiger partial charge in [-0.2, -0.15) is 5.10 Å². The van der Waals surface area contributed by atoms with Gasteiger partial charge in [0.2, 0.25) is 5.91 Å². The van der Waals surface area contributed by atoms with Crippen molar-refractivity contribution in [3.63, 3.8) is 0 Å². The molecule has 162 valence electrons. The van der Waals surface area contributed by atoms with Crippen LogP contribution in [0.25, 0.3) is 0 Å². The number of nitro benzene ring substituents is 1. The smallest absolute Gasteiger partial charge is 0.269 e. The summed E-state index contributed by atoms with van der Waals surface area (Å²) in [5.41, 5.74) is 1.68. The van der Waals surface area contributed by atoms with E-state index < -0.39 is 16.9 Å². The van der Waals surface area contributed by atoms with Gasteiger partial charge in [-0.05, 0) is 23.3 Å². The van der Waals surface area contributed by atoms with Crippen molar-refractivity contribution in [1.82, 2.24) is 9.91 Å². The van der Waals surface area contributed by atoms with Crippen LogP contribution < -0.4 is 0 Å². The molecule has 0 saturated heterocycles. The Bertz CT molecular complexity index is 1040. The predicted molar refractivity (Wildman–Crippen MR) is 113 cm³/mol. The highest BCUT2D eigenvalue weighted by Gasteiger charge is 2.34. The van der Waals surface area contributed by atoms with Gasteiger partial charge in [0, 0.05) is 31.5 Å². The fourth-order valence-corrected chi connectivity index (χ4v) is 3.46. The van der Waals surface area contributed by atoms with E-state index in [1.807, 2.05) is 0 Å². The van der Waals surface area contributed by atoms with Gasteiger partial charge in [-0.25, -0.2) is 9.40 Å². The van der Waals surface area contributed by atoms with Crippen LogP contribution in [-0.2, 0) is 9.59 Å². The lowest BCUT2D eigenvalue weighted by Crippen LogP contribution is -2.40. The highest BCUT2D eigenvalue weighted by Crippen LogP contribution is 2.34. The number of carbonyl (C=O) groups is 2. The summed E-state index contributed by atoms with van der Waals surface area (Å²) in [5.74, 6) is -1.24. The summed E-state index contributed by atoms with van der Waals surface area (Å²) in [6.45, 7) is 3.31. The van der Waals surface area contributed by atoms with Crippen LogP contribution in [0.15, 0.2) is 53.6 Å². The first-order valence-corrected chi connectivity index (χ1v) is 9.82. The molecule has 31 heavy (non-hydrogen) atoms. The maximum absolute atomic E-state index is 13.3. The molecule has 0 saturated carbocycles. The van der Waals surface area contributed by atoms with Gasteiger partial charge in [0.15, 0.2) is 0 Å². The van der Waals surface area contributed by atoms with Crippen molar-refractivity contribution in [1.29, 1.82) is 0 Å². The second-order valence-corrected chi connectivity index (χ2v) is 7.71. The van der Waals surface area contributed by atoms with E-state index in [1.54, 1.807) is 45.2 Å². The molecule has 1 aliphatic rings. The number of benzene rings is 2. The number of hydrogen-bond acceptors (Lipinski definition) is 5. The predicted octanol–water partition coefficient (Wildman–Crippen LogP) is 3.53. The van der Waals surface area contributed by atoms with E-state index in [2.05, 4.69) is 5.10 Å². The molecule has 2 amide bonds. The lowest BCUT2D eigenvalue weighted by Gasteiger charge is -2.25. The Labute approximate surface area is 179 Å². The summed E-state index contributed by atoms with van der Waals surface area (Å²) in [6, 6.07) is 11.2. The third-order valence-electron chi connectivity index (χ3n) is 5.05. The SMILES string of the molecule is CC(C)C(=O)N(C)CC(=O)N1N=C(c2ccc(F)cc2)C[C@@H]1c1cccc([N+](=O)[O-])c1. The van der Waals surface area contributed by atoms with Gasteiger partial charge in [0.25, 0.3) is 11.6 Å². The van der Waals surface area contributed by atoms with Crippen LogP contribution in [-0.4, -0.2) is 46.0 Å². The summed E-state index contributed by atoms with van der Waals surface area (Å²) in [7, 11) is 1.54. The van der Waals surface area contributed by atoms with E-state index in [4.69, 9.17) is 0 Å². The van der Waals surface area contributed by atoms with Crippen molar-refractivity contribution in [2.75, 3.05) is 13.6 Å². The molecule has 2 aromatic rings. The van der Waals surface area contributed by atoms with Gasteiger partial charge in [-0.15, -0.1) is 0 Å². The first kappa shape index (κ1) is 22.1. The van der Waals surface area contributed by atoms with Crippen LogP contribution in [0.3, 0.4) is 0 Å². The monoisotopic (exact) mass is 426 g/mol. The summed E-state index contributed by atoms with van der Waals surface area (Å²) in [5, 5.41) is 16.9. The molecule has 0 fully saturated rings. The molecule has 1 heterocycles. The Morgan fingerprint density at radius 1 is 1.26 bits per heavy atom. The number of hydrazone groups is 1. The lowest BCUT2D eigenvalue weighted by atomic mass is 9.98. The molecule has 1 atom stereocenters. The average Bonchev–Trinajstić information content (AvgIpc) is 3.19. The topological polar surface area (TPSA) is 96.1 Å². The number of nitrogens with zero attached hydrogens (tertiary/aromatic N) is 4. The Hall–Kier alpha value is -3.62. The number of halogens is 1. The molecule has 0 N–H and O–H groups in total. The van der Waals surface area contributed by atoms with Crippen LogP contribution in [0.4, 0.5) is 10.1 Å². The Balaban J connectivity index is 1.94. The number of amides is 2. The molecular formula is C22H23FN4O4. The number of hydrogen-bond donors (Lipinski definition) is 0. The second kappa shape index (κ2) is 9.03. The molecule has 0 unspecified atom stereocenters. The maximum Gasteiger partial charge on any atom is 0.269 e. The lowest BCUT2D eigenvalue weighted by molar-refractivity contribution is -0.385. The molecule has 1 aliphatic heterocycles. The largest absolute Gasteiger partial charge is 0.336 e. The number of nitro groups is 1. The summed E-state index contributed by atoms with van der Waals surface area (Å²) in [6.07, 6.45) is 0.306. The standard InChI is InChI=1S/C22H23FN4O4/c1-14(2)22(29)25(3)13-21(28)26-20(16-5-4-6-18(11-16)27(30)31)12-19(24-26)15-7-9-17(23)10-8-15/h4-11,14,20H,12-13H2,1-3H3/t20-/m1/s1. The zero-order chi connectivity index (χ0) is 22.7. The number of non-ortho nitro benzene ring substituents is 1. The zero-order valence-electron chi connectivity index (χ0n) is 17.5. The van der Waals surface area contributed by atoms with Gasteiger partial charge in [-0.3, -0.25) is 19.7 Å². The van der Waals surface area contributed by atoms with E-state index in [0.717, 1.165) is 0 Å². The number of rotatable bonds is 6. The average molecular weight is 426 g/mol. The molecule has 3 rings (SSSR count). The van der Waals surface area contributed by atoms with Crippen LogP contribution in [0, 0.1) is 21.8 Å². The van der Waals surface area contributed by atoms with E-state index in [1.165, 1.54) is 34.2 Å². The Morgan fingerprint density at radius 3 is 2.55 bits per heavy atom. The van der Waals surface area contributed by atoms with Crippen molar-refractivity contribution in [2.24, 2.45) is 11.0 Å². The van der Waals surface area contributed by atoms with Crippen molar-refractivity contribution in [3.8, 4) is 0 Å². The fourth-order valence-electron chi connectivity index (χ4n) is 3.46. The van der Waals surface area contributed by atoms with Crippen LogP contribution >= 0.6 is 0 Å². The molecule has 8 nitrogen and oxygen atoms in total. The minimum atomic E-state index is -0.574. The van der Waals surface area contributed by atoms with E-state index in [9.17, 15) is 24.1 Å². The molecule has 9 heteroatoms. The van der Waals surface area contributed by atoms with E-state index >= 15 is 0 Å². The second-order valence-electron chi connectivity index (χ2n) is 7.71. The van der Waals surface area contributed by atoms with Crippen molar-refractivity contribution < 1.29 is 18.9 Å². The quantitative estimate of drug-likeness (QED) is 0.521. The summed E-state index contributed by atoms with van der Waals surface area (Å²) < 4.78 is 13.3. The molecule has 0 radical (unpaired) electrons. The van der Waals surface area contributed by atoms with Crippen molar-refractivity contribution >= 4 is 23.2 Å². The minimum absolute atomic E-state index is 0.0905. The minimum Gasteiger partial charge on any atom is -0.336 e. The highest BCUT2D eigenvalue weighted by molar-refractivity contribution is 6.03. The molecule has 2 aromatic carbocycles. The number of carbonyl (C=O) groups excluding carboxylic acids is 2. The Kier molecular flexibility index (Phi) is 6.43. The highest BCUT2D eigenvalue weighted by atomic mass is 19.1. The zero-order valence-corrected chi connectivity index (χ0v) is 17.5. The van der Waals surface area contributed by atoms with E-state index in [0.29, 0.717) is 23.3 Å². The van der Waals surface area contributed by atoms with Crippen molar-refractivity contribution in [3.05, 3.63) is 75.6 Å². The van der Waals surface area contributed by atoms with Crippen LogP contribution in [0.2, 0.25) is 0 Å². The molecule has 0 bridgehead atoms. The molecular weight excluding hydrogens is 403 g/mol. The molecule has 0 aromatic heterocycles. The third-order valence-corrected chi connectivity index (χ3v) is 5.05. The molecule has 0 spiro atoms. The maximum atomic E-state index is 13.3. The molecule has 0 aliphatic carbocycles. The van der Waals surface area contributed by atoms with E-state index in [-0.39, 0.29) is 29.9 Å². The first-order chi connectivity index (χ1) is 14.7. The van der Waals surface area contributed by atoms with Gasteiger partial charge in [-0.1, -0.05) is 38.1 Å². The summed E-state index contributed by atoms with van der Waals surface area (Å²) >= 11 is 0.